The number of nitrogens with zero attached hydrogens (tertiary/aromatic N) is 6. The number of hydrogen-bond donors (Lipinski definition) is 2. The number of anilines is 1. The molecule has 1 saturated heterocycles. The number of hydrogen-bond acceptors (Lipinski definition) is 7. The van der Waals surface area contributed by atoms with Gasteiger partial charge in [0.1, 0.15) is 18.7 Å². The summed E-state index contributed by atoms with van der Waals surface area (Å²) in [6, 6.07) is 2.18. The van der Waals surface area contributed by atoms with Crippen molar-refractivity contribution in [3.63, 3.8) is 0 Å². The van der Waals surface area contributed by atoms with Crippen molar-refractivity contribution in [1.29, 1.82) is 0 Å². The van der Waals surface area contributed by atoms with Gasteiger partial charge >= 0.3 is 0 Å². The number of aliphatic hydroxyl groups excluding tert-OH is 1. The molecule has 132 valence electrons. The van der Waals surface area contributed by atoms with Crippen LogP contribution in [0.15, 0.2) is 24.8 Å². The molecule has 1 atom stereocenters. The van der Waals surface area contributed by atoms with Crippen molar-refractivity contribution in [2.24, 2.45) is 0 Å². The summed E-state index contributed by atoms with van der Waals surface area (Å²) in [5, 5.41) is 20.2. The van der Waals surface area contributed by atoms with Crippen LogP contribution < -0.4 is 10.2 Å². The highest BCUT2D eigenvalue weighted by molar-refractivity contribution is 5.76. The van der Waals surface area contributed by atoms with Crippen molar-refractivity contribution >= 4 is 11.7 Å². The quantitative estimate of drug-likeness (QED) is 0.767. The molecule has 0 aromatic carbocycles. The van der Waals surface area contributed by atoms with Crippen LogP contribution in [0, 0.1) is 0 Å². The van der Waals surface area contributed by atoms with Gasteiger partial charge in [0.15, 0.2) is 0 Å². The molecular weight excluding hydrogens is 322 g/mol. The van der Waals surface area contributed by atoms with Gasteiger partial charge in [0.2, 0.25) is 5.91 Å². The Kier molecular flexibility index (Phi) is 4.31. The predicted molar refractivity (Wildman–Crippen MR) is 88.8 cm³/mol. The fourth-order valence-electron chi connectivity index (χ4n) is 3.42. The maximum atomic E-state index is 12.0. The predicted octanol–water partition coefficient (Wildman–Crippen LogP) is -0.298. The van der Waals surface area contributed by atoms with E-state index in [0.29, 0.717) is 12.5 Å². The Morgan fingerprint density at radius 2 is 2.24 bits per heavy atom. The van der Waals surface area contributed by atoms with Crippen molar-refractivity contribution < 1.29 is 9.90 Å². The first kappa shape index (κ1) is 15.9. The van der Waals surface area contributed by atoms with Crippen molar-refractivity contribution in [1.82, 2.24) is 30.3 Å². The lowest BCUT2D eigenvalue weighted by molar-refractivity contribution is -0.123. The molecule has 2 aromatic heterocycles. The van der Waals surface area contributed by atoms with Gasteiger partial charge in [-0.15, -0.1) is 5.10 Å². The standard InChI is InChI=1S/C16H21N7O2/c24-13-1-3-22(8-13)15-7-14(17-10-18-15)11-5-12(6-11)20-16(25)9-23-4-2-19-21-23/h2,4,7,10-13,24H,1,3,5-6,8-9H2,(H,20,25). The smallest absolute Gasteiger partial charge is 0.242 e. The molecule has 3 heterocycles. The van der Waals surface area contributed by atoms with E-state index in [4.69, 9.17) is 0 Å². The molecular formula is C16H21N7O2. The van der Waals surface area contributed by atoms with Gasteiger partial charge in [-0.05, 0) is 19.3 Å². The zero-order valence-electron chi connectivity index (χ0n) is 13.8. The lowest BCUT2D eigenvalue weighted by Gasteiger charge is -2.35. The van der Waals surface area contributed by atoms with Crippen LogP contribution in [0.3, 0.4) is 0 Å². The number of aromatic nitrogens is 5. The van der Waals surface area contributed by atoms with Crippen molar-refractivity contribution in [2.45, 2.75) is 43.9 Å². The summed E-state index contributed by atoms with van der Waals surface area (Å²) in [6.07, 6.45) is 7.07. The molecule has 9 heteroatoms. The van der Waals surface area contributed by atoms with Crippen LogP contribution >= 0.6 is 0 Å². The van der Waals surface area contributed by atoms with Gasteiger partial charge in [0.05, 0.1) is 12.3 Å². The van der Waals surface area contributed by atoms with Gasteiger partial charge in [-0.3, -0.25) is 4.79 Å². The Balaban J connectivity index is 1.29. The van der Waals surface area contributed by atoms with Crippen LogP contribution in [-0.2, 0) is 11.3 Å². The van der Waals surface area contributed by atoms with Gasteiger partial charge in [-0.1, -0.05) is 5.21 Å². The van der Waals surface area contributed by atoms with E-state index < -0.39 is 0 Å². The topological polar surface area (TPSA) is 109 Å². The second-order valence-corrected chi connectivity index (χ2v) is 6.72. The summed E-state index contributed by atoms with van der Waals surface area (Å²) in [4.78, 5) is 22.8. The minimum absolute atomic E-state index is 0.0524. The number of rotatable bonds is 5. The van der Waals surface area contributed by atoms with Gasteiger partial charge in [0, 0.05) is 43.0 Å². The van der Waals surface area contributed by atoms with Crippen LogP contribution in [0.2, 0.25) is 0 Å². The minimum atomic E-state index is -0.272. The molecule has 2 aliphatic rings. The highest BCUT2D eigenvalue weighted by Gasteiger charge is 2.33. The van der Waals surface area contributed by atoms with Gasteiger partial charge in [-0.2, -0.15) is 0 Å². The third-order valence-electron chi connectivity index (χ3n) is 4.86. The first-order chi connectivity index (χ1) is 12.2. The van der Waals surface area contributed by atoms with Crippen LogP contribution in [0.25, 0.3) is 0 Å². The molecule has 2 fully saturated rings. The molecule has 1 aliphatic heterocycles. The first-order valence-corrected chi connectivity index (χ1v) is 8.56. The first-order valence-electron chi connectivity index (χ1n) is 8.56. The Morgan fingerprint density at radius 3 is 2.96 bits per heavy atom. The fraction of sp³-hybridized carbons (Fsp3) is 0.562. The number of carbonyl (C=O) groups is 1. The molecule has 1 amide bonds. The maximum absolute atomic E-state index is 12.0. The molecule has 1 saturated carbocycles. The van der Waals surface area contributed by atoms with E-state index in [9.17, 15) is 9.90 Å². The summed E-state index contributed by atoms with van der Waals surface area (Å²) in [5.74, 6) is 1.16. The zero-order valence-corrected chi connectivity index (χ0v) is 13.8. The Morgan fingerprint density at radius 1 is 1.36 bits per heavy atom. The Hall–Kier alpha value is -2.55. The van der Waals surface area contributed by atoms with Gasteiger partial charge in [0.25, 0.3) is 0 Å². The van der Waals surface area contributed by atoms with E-state index >= 15 is 0 Å². The summed E-state index contributed by atoms with van der Waals surface area (Å²) >= 11 is 0. The summed E-state index contributed by atoms with van der Waals surface area (Å²) in [6.45, 7) is 1.64. The number of β-amino-alcohol motifs (C(OH)–C–C–N with tert-alkyl or cyclic N) is 1. The minimum Gasteiger partial charge on any atom is -0.391 e. The molecule has 0 bridgehead atoms. The molecule has 1 aliphatic carbocycles. The molecule has 25 heavy (non-hydrogen) atoms. The highest BCUT2D eigenvalue weighted by Crippen LogP contribution is 2.36. The summed E-state index contributed by atoms with van der Waals surface area (Å²) in [7, 11) is 0. The van der Waals surface area contributed by atoms with Crippen LogP contribution in [-0.4, -0.2) is 61.2 Å². The van der Waals surface area contributed by atoms with Crippen LogP contribution in [0.5, 0.6) is 0 Å². The maximum Gasteiger partial charge on any atom is 0.242 e. The third-order valence-corrected chi connectivity index (χ3v) is 4.86. The van der Waals surface area contributed by atoms with Crippen molar-refractivity contribution in [3.05, 3.63) is 30.5 Å². The molecule has 2 N–H and O–H groups in total. The molecule has 9 nitrogen and oxygen atoms in total. The SMILES string of the molecule is O=C(Cn1ccnn1)NC1CC(c2cc(N3CCC(O)C3)ncn2)C1. The monoisotopic (exact) mass is 343 g/mol. The van der Waals surface area contributed by atoms with Crippen molar-refractivity contribution in [3.8, 4) is 0 Å². The van der Waals surface area contributed by atoms with Gasteiger partial charge in [-0.25, -0.2) is 14.6 Å². The lowest BCUT2D eigenvalue weighted by atomic mass is 9.78. The lowest BCUT2D eigenvalue weighted by Crippen LogP contribution is -2.44. The average molecular weight is 343 g/mol. The van der Waals surface area contributed by atoms with Crippen molar-refractivity contribution in [2.75, 3.05) is 18.0 Å². The molecule has 0 radical (unpaired) electrons. The normalized spacial score (nSPS) is 25.6. The number of carbonyl (C=O) groups excluding carboxylic acids is 1. The second kappa shape index (κ2) is 6.75. The third kappa shape index (κ3) is 3.60. The molecule has 0 spiro atoms. The number of aliphatic hydroxyl groups is 1. The van der Waals surface area contributed by atoms with Crippen LogP contribution in [0.4, 0.5) is 5.82 Å². The molecule has 4 rings (SSSR count). The average Bonchev–Trinajstić information content (AvgIpc) is 3.22. The van der Waals surface area contributed by atoms with E-state index in [1.807, 2.05) is 6.07 Å². The van der Waals surface area contributed by atoms with E-state index in [1.165, 1.54) is 4.68 Å². The molecule has 2 aromatic rings. The second-order valence-electron chi connectivity index (χ2n) is 6.72. The largest absolute Gasteiger partial charge is 0.391 e. The Labute approximate surface area is 145 Å². The Bertz CT molecular complexity index is 730. The number of amides is 1. The fourth-order valence-corrected chi connectivity index (χ4v) is 3.42. The zero-order chi connectivity index (χ0) is 17.2. The van der Waals surface area contributed by atoms with E-state index in [1.54, 1.807) is 18.7 Å². The van der Waals surface area contributed by atoms with E-state index in [2.05, 4.69) is 30.5 Å². The van der Waals surface area contributed by atoms with Gasteiger partial charge < -0.3 is 15.3 Å². The molecule has 1 unspecified atom stereocenters. The van der Waals surface area contributed by atoms with E-state index in [0.717, 1.165) is 37.3 Å². The summed E-state index contributed by atoms with van der Waals surface area (Å²) in [5.41, 5.74) is 1.01. The van der Waals surface area contributed by atoms with E-state index in [-0.39, 0.29) is 24.6 Å². The number of nitrogens with one attached hydrogen (secondary N) is 1. The van der Waals surface area contributed by atoms with Crippen LogP contribution in [0.1, 0.15) is 30.9 Å². The summed E-state index contributed by atoms with van der Waals surface area (Å²) < 4.78 is 1.51. The highest BCUT2D eigenvalue weighted by atomic mass is 16.3.